The number of halogens is 1. The summed E-state index contributed by atoms with van der Waals surface area (Å²) in [7, 11) is 0. The zero-order chi connectivity index (χ0) is 19.4. The van der Waals surface area contributed by atoms with E-state index in [0.29, 0.717) is 17.2 Å². The standard InChI is InChI=1S/C17H16FN5O3S/c1-10(27)20-7-12-8-23(17(25)26-12)11-2-3-13(14(18)6-11)16(24)22-15-4-5-19-9-21-15/h2-6,9,12H,7-8H2,1H3,(H,20,27)(H,19,21,22,24). The molecule has 0 bridgehead atoms. The molecule has 1 aliphatic heterocycles. The van der Waals surface area contributed by atoms with Gasteiger partial charge in [-0.05, 0) is 31.2 Å². The molecule has 1 aliphatic rings. The fraction of sp³-hybridized carbons (Fsp3) is 0.235. The summed E-state index contributed by atoms with van der Waals surface area (Å²) in [5.74, 6) is -1.16. The van der Waals surface area contributed by atoms with Gasteiger partial charge in [-0.25, -0.2) is 19.2 Å². The first-order valence-corrected chi connectivity index (χ1v) is 8.44. The van der Waals surface area contributed by atoms with Crippen LogP contribution in [0.25, 0.3) is 0 Å². The van der Waals surface area contributed by atoms with Crippen molar-refractivity contribution in [1.82, 2.24) is 15.3 Å². The number of carbonyl (C=O) groups excluding carboxylic acids is 2. The van der Waals surface area contributed by atoms with Crippen molar-refractivity contribution >= 4 is 40.7 Å². The van der Waals surface area contributed by atoms with Gasteiger partial charge < -0.3 is 15.4 Å². The maximum absolute atomic E-state index is 14.4. The fourth-order valence-corrected chi connectivity index (χ4v) is 2.58. The van der Waals surface area contributed by atoms with Crippen LogP contribution < -0.4 is 15.5 Å². The molecule has 8 nitrogen and oxygen atoms in total. The van der Waals surface area contributed by atoms with Crippen molar-refractivity contribution in [3.05, 3.63) is 48.2 Å². The van der Waals surface area contributed by atoms with E-state index in [0.717, 1.165) is 6.07 Å². The Morgan fingerprint density at radius 2 is 2.26 bits per heavy atom. The van der Waals surface area contributed by atoms with Gasteiger partial charge in [-0.3, -0.25) is 9.69 Å². The number of nitrogens with zero attached hydrogens (tertiary/aromatic N) is 3. The zero-order valence-electron chi connectivity index (χ0n) is 14.3. The second-order valence-electron chi connectivity index (χ2n) is 5.77. The van der Waals surface area contributed by atoms with Gasteiger partial charge in [0.15, 0.2) is 0 Å². The molecular weight excluding hydrogens is 373 g/mol. The first kappa shape index (κ1) is 18.6. The molecule has 1 aromatic carbocycles. The number of thiocarbonyl (C=S) groups is 1. The van der Waals surface area contributed by atoms with Crippen molar-refractivity contribution in [2.75, 3.05) is 23.3 Å². The molecule has 1 fully saturated rings. The number of rotatable bonds is 5. The van der Waals surface area contributed by atoms with Gasteiger partial charge in [0.2, 0.25) is 0 Å². The van der Waals surface area contributed by atoms with Crippen LogP contribution in [0.4, 0.5) is 20.7 Å². The molecule has 0 saturated carbocycles. The molecule has 27 heavy (non-hydrogen) atoms. The molecular formula is C17H16FN5O3S. The Morgan fingerprint density at radius 3 is 2.93 bits per heavy atom. The Balaban J connectivity index is 1.70. The monoisotopic (exact) mass is 389 g/mol. The lowest BCUT2D eigenvalue weighted by Crippen LogP contribution is -2.32. The smallest absolute Gasteiger partial charge is 0.414 e. The highest BCUT2D eigenvalue weighted by atomic mass is 32.1. The van der Waals surface area contributed by atoms with Crippen molar-refractivity contribution < 1.29 is 18.7 Å². The highest BCUT2D eigenvalue weighted by molar-refractivity contribution is 7.80. The Hall–Kier alpha value is -3.14. The first-order chi connectivity index (χ1) is 12.9. The van der Waals surface area contributed by atoms with Crippen molar-refractivity contribution in [2.45, 2.75) is 13.0 Å². The lowest BCUT2D eigenvalue weighted by atomic mass is 10.1. The third kappa shape index (κ3) is 4.53. The van der Waals surface area contributed by atoms with E-state index in [1.54, 1.807) is 6.92 Å². The van der Waals surface area contributed by atoms with Gasteiger partial charge >= 0.3 is 6.09 Å². The third-order valence-corrected chi connectivity index (χ3v) is 3.93. The van der Waals surface area contributed by atoms with E-state index in [-0.39, 0.29) is 17.9 Å². The topological polar surface area (TPSA) is 96.5 Å². The minimum absolute atomic E-state index is 0.167. The van der Waals surface area contributed by atoms with Crippen LogP contribution in [0.1, 0.15) is 17.3 Å². The first-order valence-electron chi connectivity index (χ1n) is 8.03. The summed E-state index contributed by atoms with van der Waals surface area (Å²) in [5, 5.41) is 5.40. The molecule has 2 aromatic rings. The molecule has 1 aromatic heterocycles. The molecule has 1 unspecified atom stereocenters. The molecule has 140 valence electrons. The molecule has 10 heteroatoms. The maximum Gasteiger partial charge on any atom is 0.414 e. The Bertz CT molecular complexity index is 880. The van der Waals surface area contributed by atoms with Crippen molar-refractivity contribution in [3.8, 4) is 0 Å². The average molecular weight is 389 g/mol. The summed E-state index contributed by atoms with van der Waals surface area (Å²) in [4.78, 5) is 33.7. The van der Waals surface area contributed by atoms with Crippen LogP contribution in [0.3, 0.4) is 0 Å². The second kappa shape index (κ2) is 8.04. The maximum atomic E-state index is 14.4. The fourth-order valence-electron chi connectivity index (χ4n) is 2.50. The van der Waals surface area contributed by atoms with Gasteiger partial charge in [-0.15, -0.1) is 0 Å². The molecule has 2 amide bonds. The Labute approximate surface area is 159 Å². The van der Waals surface area contributed by atoms with E-state index in [1.807, 2.05) is 0 Å². The summed E-state index contributed by atoms with van der Waals surface area (Å²) < 4.78 is 19.7. The molecule has 3 rings (SSSR count). The Morgan fingerprint density at radius 1 is 1.44 bits per heavy atom. The van der Waals surface area contributed by atoms with Crippen molar-refractivity contribution in [3.63, 3.8) is 0 Å². The average Bonchev–Trinajstić information content (AvgIpc) is 3.01. The summed E-state index contributed by atoms with van der Waals surface area (Å²) >= 11 is 4.92. The number of nitrogens with one attached hydrogen (secondary N) is 2. The van der Waals surface area contributed by atoms with Crippen molar-refractivity contribution in [1.29, 1.82) is 0 Å². The molecule has 1 atom stereocenters. The number of aromatic nitrogens is 2. The van der Waals surface area contributed by atoms with Gasteiger partial charge in [-0.2, -0.15) is 0 Å². The summed E-state index contributed by atoms with van der Waals surface area (Å²) in [6.45, 7) is 2.35. The van der Waals surface area contributed by atoms with Crippen molar-refractivity contribution in [2.24, 2.45) is 0 Å². The highest BCUT2D eigenvalue weighted by Crippen LogP contribution is 2.24. The van der Waals surface area contributed by atoms with E-state index < -0.39 is 23.9 Å². The molecule has 2 N–H and O–H groups in total. The molecule has 0 radical (unpaired) electrons. The van der Waals surface area contributed by atoms with Crippen LogP contribution in [0, 0.1) is 5.82 Å². The number of ether oxygens (including phenoxy) is 1. The molecule has 2 heterocycles. The Kier molecular flexibility index (Phi) is 5.55. The normalized spacial score (nSPS) is 16.0. The number of amides is 2. The largest absolute Gasteiger partial charge is 0.442 e. The number of anilines is 2. The minimum atomic E-state index is -0.761. The van der Waals surface area contributed by atoms with Gasteiger partial charge in [-0.1, -0.05) is 12.2 Å². The lowest BCUT2D eigenvalue weighted by molar-refractivity contribution is 0.102. The number of cyclic esters (lactones) is 1. The number of benzene rings is 1. The molecule has 0 spiro atoms. The van der Waals surface area contributed by atoms with Gasteiger partial charge in [0.25, 0.3) is 5.91 Å². The molecule has 0 aliphatic carbocycles. The summed E-state index contributed by atoms with van der Waals surface area (Å²) in [5.41, 5.74) is 0.136. The van der Waals surface area contributed by atoms with Crippen LogP contribution in [-0.2, 0) is 4.74 Å². The van der Waals surface area contributed by atoms with Crippen LogP contribution in [0.15, 0.2) is 36.8 Å². The van der Waals surface area contributed by atoms with Crippen LogP contribution in [0.2, 0.25) is 0 Å². The minimum Gasteiger partial charge on any atom is -0.442 e. The van der Waals surface area contributed by atoms with Gasteiger partial charge in [0.05, 0.1) is 29.3 Å². The summed E-state index contributed by atoms with van der Waals surface area (Å²) in [6, 6.07) is 5.40. The van der Waals surface area contributed by atoms with E-state index in [2.05, 4.69) is 20.6 Å². The lowest BCUT2D eigenvalue weighted by Gasteiger charge is -2.14. The van der Waals surface area contributed by atoms with Gasteiger partial charge in [0, 0.05) is 6.20 Å². The van der Waals surface area contributed by atoms with Crippen LogP contribution in [0.5, 0.6) is 0 Å². The number of hydrogen-bond donors (Lipinski definition) is 2. The summed E-state index contributed by atoms with van der Waals surface area (Å²) in [6.07, 6.45) is 1.74. The van der Waals surface area contributed by atoms with Crippen LogP contribution in [-0.4, -0.2) is 46.2 Å². The second-order valence-corrected chi connectivity index (χ2v) is 6.38. The highest BCUT2D eigenvalue weighted by Gasteiger charge is 2.32. The number of hydrogen-bond acceptors (Lipinski definition) is 6. The SMILES string of the molecule is CC(=S)NCC1CN(c2ccc(C(=O)Nc3ccncn3)c(F)c2)C(=O)O1. The predicted octanol–water partition coefficient (Wildman–Crippen LogP) is 2.13. The van der Waals surface area contributed by atoms with Crippen LogP contribution >= 0.6 is 12.2 Å². The van der Waals surface area contributed by atoms with Gasteiger partial charge in [0.1, 0.15) is 24.1 Å². The van der Waals surface area contributed by atoms with E-state index in [9.17, 15) is 14.0 Å². The number of carbonyl (C=O) groups is 2. The van der Waals surface area contributed by atoms with E-state index in [4.69, 9.17) is 17.0 Å². The van der Waals surface area contributed by atoms with E-state index in [1.165, 1.54) is 35.6 Å². The predicted molar refractivity (Wildman–Crippen MR) is 100 cm³/mol. The third-order valence-electron chi connectivity index (χ3n) is 3.79. The van der Waals surface area contributed by atoms with E-state index >= 15 is 0 Å². The quantitative estimate of drug-likeness (QED) is 0.756. The zero-order valence-corrected chi connectivity index (χ0v) is 15.1. The molecule has 1 saturated heterocycles.